The fourth-order valence-corrected chi connectivity index (χ4v) is 5.24. The van der Waals surface area contributed by atoms with Gasteiger partial charge in [-0.25, -0.2) is 4.39 Å². The maximum atomic E-state index is 13.4. The first-order chi connectivity index (χ1) is 15.6. The van der Waals surface area contributed by atoms with E-state index in [1.165, 1.54) is 17.7 Å². The summed E-state index contributed by atoms with van der Waals surface area (Å²) in [6.45, 7) is 3.66. The molecule has 0 saturated carbocycles. The molecular formula is C25H30FN3O3. The van der Waals surface area contributed by atoms with E-state index < -0.39 is 0 Å². The van der Waals surface area contributed by atoms with Crippen molar-refractivity contribution in [3.05, 3.63) is 53.8 Å². The van der Waals surface area contributed by atoms with E-state index in [-0.39, 0.29) is 29.8 Å². The zero-order valence-corrected chi connectivity index (χ0v) is 18.4. The Hall–Kier alpha value is -2.80. The lowest BCUT2D eigenvalue weighted by Gasteiger charge is -2.49. The van der Waals surface area contributed by atoms with E-state index >= 15 is 0 Å². The average molecular weight is 440 g/mol. The molecule has 2 fully saturated rings. The summed E-state index contributed by atoms with van der Waals surface area (Å²) < 4.78 is 24.6. The van der Waals surface area contributed by atoms with Gasteiger partial charge >= 0.3 is 0 Å². The minimum Gasteiger partial charge on any atom is -0.497 e. The van der Waals surface area contributed by atoms with Crippen molar-refractivity contribution in [2.75, 3.05) is 49.7 Å². The number of carbonyl (C=O) groups excluding carboxylic acids is 1. The largest absolute Gasteiger partial charge is 0.497 e. The van der Waals surface area contributed by atoms with Crippen LogP contribution in [0.25, 0.3) is 0 Å². The molecule has 1 amide bonds. The number of hydrogen-bond donors (Lipinski definition) is 1. The molecule has 32 heavy (non-hydrogen) atoms. The molecule has 7 heteroatoms. The Labute approximate surface area is 188 Å². The van der Waals surface area contributed by atoms with Gasteiger partial charge in [-0.05, 0) is 55.2 Å². The molecule has 0 spiro atoms. The zero-order valence-electron chi connectivity index (χ0n) is 18.4. The molecule has 0 aromatic heterocycles. The van der Waals surface area contributed by atoms with Crippen molar-refractivity contribution >= 4 is 17.3 Å². The van der Waals surface area contributed by atoms with Gasteiger partial charge in [-0.1, -0.05) is 6.07 Å². The first kappa shape index (κ1) is 21.1. The minimum atomic E-state index is -0.238. The lowest BCUT2D eigenvalue weighted by atomic mass is 9.83. The monoisotopic (exact) mass is 439 g/mol. The third-order valence-corrected chi connectivity index (χ3v) is 6.98. The van der Waals surface area contributed by atoms with Crippen LogP contribution in [0.4, 0.5) is 15.8 Å². The number of halogens is 1. The van der Waals surface area contributed by atoms with Crippen LogP contribution < -0.4 is 19.9 Å². The number of anilines is 2. The standard InChI is InChI=1S/C25H30FN3O3/c1-31-20-9-4-17-13-22(25(30)27-15-21-3-2-12-32-21)24-16-28(10-11-29(24)23(17)14-20)19-7-5-18(26)6-8-19/h4-9,14,21-22,24H,2-3,10-13,15-16H2,1H3,(H,27,30)/t21-,22+,24-/m1/s1. The highest BCUT2D eigenvalue weighted by Gasteiger charge is 2.42. The second-order valence-electron chi connectivity index (χ2n) is 8.87. The lowest BCUT2D eigenvalue weighted by Crippen LogP contribution is -2.61. The van der Waals surface area contributed by atoms with Crippen molar-refractivity contribution in [1.29, 1.82) is 0 Å². The zero-order chi connectivity index (χ0) is 22.1. The van der Waals surface area contributed by atoms with Crippen LogP contribution in [0.3, 0.4) is 0 Å². The van der Waals surface area contributed by atoms with Crippen molar-refractivity contribution in [3.8, 4) is 5.75 Å². The molecule has 5 rings (SSSR count). The molecule has 2 saturated heterocycles. The van der Waals surface area contributed by atoms with E-state index in [0.717, 1.165) is 49.7 Å². The van der Waals surface area contributed by atoms with Gasteiger partial charge in [-0.3, -0.25) is 4.79 Å². The Bertz CT molecular complexity index is 961. The maximum absolute atomic E-state index is 13.4. The number of methoxy groups -OCH3 is 1. The number of fused-ring (bicyclic) bond motifs is 3. The first-order valence-electron chi connectivity index (χ1n) is 11.5. The molecule has 2 aromatic rings. The highest BCUT2D eigenvalue weighted by Crippen LogP contribution is 2.39. The molecular weight excluding hydrogens is 409 g/mol. The molecule has 170 valence electrons. The first-order valence-corrected chi connectivity index (χ1v) is 11.5. The fourth-order valence-electron chi connectivity index (χ4n) is 5.24. The molecule has 3 aliphatic heterocycles. The summed E-state index contributed by atoms with van der Waals surface area (Å²) in [7, 11) is 1.68. The number of amides is 1. The SMILES string of the molecule is COc1ccc2c(c1)N1CCN(c3ccc(F)cc3)C[C@@H]1[C@@H](C(=O)NC[C@H]1CCCO1)C2. The predicted molar refractivity (Wildman–Crippen MR) is 122 cm³/mol. The van der Waals surface area contributed by atoms with Gasteiger partial charge in [0.15, 0.2) is 0 Å². The van der Waals surface area contributed by atoms with E-state index in [1.54, 1.807) is 7.11 Å². The van der Waals surface area contributed by atoms with E-state index in [0.29, 0.717) is 19.5 Å². The Balaban J connectivity index is 1.40. The summed E-state index contributed by atoms with van der Waals surface area (Å²) in [6, 6.07) is 12.8. The smallest absolute Gasteiger partial charge is 0.225 e. The van der Waals surface area contributed by atoms with Crippen LogP contribution in [0, 0.1) is 11.7 Å². The molecule has 3 aliphatic rings. The van der Waals surface area contributed by atoms with Crippen molar-refractivity contribution in [1.82, 2.24) is 5.32 Å². The molecule has 3 heterocycles. The number of carbonyl (C=O) groups is 1. The van der Waals surface area contributed by atoms with E-state index in [9.17, 15) is 9.18 Å². The quantitative estimate of drug-likeness (QED) is 0.776. The van der Waals surface area contributed by atoms with E-state index in [1.807, 2.05) is 18.2 Å². The average Bonchev–Trinajstić information content (AvgIpc) is 3.35. The second-order valence-corrected chi connectivity index (χ2v) is 8.87. The summed E-state index contributed by atoms with van der Waals surface area (Å²) in [5.41, 5.74) is 3.31. The third kappa shape index (κ3) is 4.13. The molecule has 1 N–H and O–H groups in total. The van der Waals surface area contributed by atoms with Crippen molar-refractivity contribution in [2.24, 2.45) is 5.92 Å². The van der Waals surface area contributed by atoms with Crippen LogP contribution in [-0.2, 0) is 16.0 Å². The van der Waals surface area contributed by atoms with Gasteiger partial charge in [0.25, 0.3) is 0 Å². The van der Waals surface area contributed by atoms with Gasteiger partial charge in [-0.15, -0.1) is 0 Å². The van der Waals surface area contributed by atoms with Crippen molar-refractivity contribution < 1.29 is 18.7 Å². The van der Waals surface area contributed by atoms with E-state index in [2.05, 4.69) is 27.2 Å². The van der Waals surface area contributed by atoms with Gasteiger partial charge in [0, 0.05) is 50.2 Å². The Kier molecular flexibility index (Phi) is 5.91. The number of nitrogens with one attached hydrogen (secondary N) is 1. The molecule has 2 aromatic carbocycles. The Morgan fingerprint density at radius 2 is 2.06 bits per heavy atom. The van der Waals surface area contributed by atoms with Crippen LogP contribution in [0.5, 0.6) is 5.75 Å². The van der Waals surface area contributed by atoms with Crippen LogP contribution in [-0.4, -0.2) is 57.9 Å². The molecule has 3 atom stereocenters. The Morgan fingerprint density at radius 1 is 1.22 bits per heavy atom. The van der Waals surface area contributed by atoms with E-state index in [4.69, 9.17) is 9.47 Å². The second kappa shape index (κ2) is 8.98. The normalized spacial score (nSPS) is 24.6. The van der Waals surface area contributed by atoms with Crippen LogP contribution in [0.1, 0.15) is 18.4 Å². The fraction of sp³-hybridized carbons (Fsp3) is 0.480. The van der Waals surface area contributed by atoms with Crippen LogP contribution in [0.2, 0.25) is 0 Å². The number of rotatable bonds is 5. The van der Waals surface area contributed by atoms with Crippen LogP contribution in [0.15, 0.2) is 42.5 Å². The number of nitrogens with zero attached hydrogens (tertiary/aromatic N) is 2. The highest BCUT2D eigenvalue weighted by atomic mass is 19.1. The molecule has 0 aliphatic carbocycles. The number of benzene rings is 2. The predicted octanol–water partition coefficient (Wildman–Crippen LogP) is 3.00. The summed E-state index contributed by atoms with van der Waals surface area (Å²) in [5, 5.41) is 3.16. The summed E-state index contributed by atoms with van der Waals surface area (Å²) in [5.74, 6) is 0.501. The number of hydrogen-bond acceptors (Lipinski definition) is 5. The highest BCUT2D eigenvalue weighted by molar-refractivity contribution is 5.82. The third-order valence-electron chi connectivity index (χ3n) is 6.98. The van der Waals surface area contributed by atoms with Crippen molar-refractivity contribution in [2.45, 2.75) is 31.4 Å². The Morgan fingerprint density at radius 3 is 2.81 bits per heavy atom. The number of ether oxygens (including phenoxy) is 2. The van der Waals surface area contributed by atoms with Crippen LogP contribution >= 0.6 is 0 Å². The lowest BCUT2D eigenvalue weighted by molar-refractivity contribution is -0.126. The number of piperazine rings is 1. The molecule has 0 unspecified atom stereocenters. The maximum Gasteiger partial charge on any atom is 0.225 e. The van der Waals surface area contributed by atoms with Gasteiger partial charge in [0.1, 0.15) is 11.6 Å². The van der Waals surface area contributed by atoms with Gasteiger partial charge in [-0.2, -0.15) is 0 Å². The summed E-state index contributed by atoms with van der Waals surface area (Å²) in [4.78, 5) is 18.0. The molecule has 6 nitrogen and oxygen atoms in total. The molecule has 0 radical (unpaired) electrons. The van der Waals surface area contributed by atoms with Crippen molar-refractivity contribution in [3.63, 3.8) is 0 Å². The summed E-state index contributed by atoms with van der Waals surface area (Å²) >= 11 is 0. The topological polar surface area (TPSA) is 54.0 Å². The molecule has 0 bridgehead atoms. The summed E-state index contributed by atoms with van der Waals surface area (Å²) in [6.07, 6.45) is 2.87. The minimum absolute atomic E-state index is 0.0258. The van der Waals surface area contributed by atoms with Gasteiger partial charge in [0.05, 0.1) is 25.2 Å². The van der Waals surface area contributed by atoms with Gasteiger partial charge < -0.3 is 24.6 Å². The van der Waals surface area contributed by atoms with Gasteiger partial charge in [0.2, 0.25) is 5.91 Å².